The van der Waals surface area contributed by atoms with Crippen LogP contribution >= 0.6 is 0 Å². The second-order valence-corrected chi connectivity index (χ2v) is 19.1. The Kier molecular flexibility index (Phi) is 5.25. The molecule has 26 heavy (non-hydrogen) atoms. The molecule has 0 unspecified atom stereocenters. The first kappa shape index (κ1) is 17.5. The van der Waals surface area contributed by atoms with Crippen LogP contribution < -0.4 is 10.7 Å². The van der Waals surface area contributed by atoms with Crippen LogP contribution in [0.2, 0.25) is 3.93 Å². The standard InChI is InChI=1S/C6H9O.3C6H5.Sn/c7-6-4-2-1-3-5-6;3*1-2-4-6-5-3-1;/h1H,2-5H2;3*1-5H;. The number of benzene rings is 3. The molecule has 1 nitrogen and oxygen atoms in total. The van der Waals surface area contributed by atoms with E-state index in [9.17, 15) is 4.79 Å². The molecule has 4 rings (SSSR count). The third-order valence-corrected chi connectivity index (χ3v) is 21.6. The molecule has 1 aliphatic rings. The van der Waals surface area contributed by atoms with Crippen LogP contribution in [0.5, 0.6) is 0 Å². The number of Topliss-reactive ketones (excluding diaryl/α,β-unsaturated/α-hetero) is 1. The van der Waals surface area contributed by atoms with Gasteiger partial charge in [-0.25, -0.2) is 0 Å². The van der Waals surface area contributed by atoms with Crippen molar-refractivity contribution in [2.45, 2.75) is 29.6 Å². The second kappa shape index (κ2) is 7.79. The summed E-state index contributed by atoms with van der Waals surface area (Å²) in [5.41, 5.74) is 0. The van der Waals surface area contributed by atoms with Gasteiger partial charge in [-0.1, -0.05) is 0 Å². The molecule has 0 spiro atoms. The maximum atomic E-state index is 12.0. The van der Waals surface area contributed by atoms with Crippen LogP contribution in [0, 0.1) is 0 Å². The van der Waals surface area contributed by atoms with Crippen LogP contribution in [0.4, 0.5) is 0 Å². The van der Waals surface area contributed by atoms with E-state index < -0.39 is 18.4 Å². The van der Waals surface area contributed by atoms with Crippen LogP contribution in [0.1, 0.15) is 25.7 Å². The summed E-state index contributed by atoms with van der Waals surface area (Å²) < 4.78 is 5.20. The number of ketones is 1. The first-order valence-corrected chi connectivity index (χ1v) is 15.4. The first-order chi connectivity index (χ1) is 12.8. The van der Waals surface area contributed by atoms with Gasteiger partial charge >= 0.3 is 160 Å². The molecule has 130 valence electrons. The van der Waals surface area contributed by atoms with Crippen molar-refractivity contribution in [3.05, 3.63) is 91.0 Å². The Bertz CT molecular complexity index is 752. The van der Waals surface area contributed by atoms with Crippen molar-refractivity contribution >= 4 is 34.9 Å². The Hall–Kier alpha value is -1.87. The molecule has 0 aromatic heterocycles. The fraction of sp³-hybridized carbons (Fsp3) is 0.208. The third-order valence-electron chi connectivity index (χ3n) is 5.84. The summed E-state index contributed by atoms with van der Waals surface area (Å²) in [4.78, 5) is 12.0. The minimum atomic E-state index is -3.22. The first-order valence-electron chi connectivity index (χ1n) is 9.50. The van der Waals surface area contributed by atoms with Crippen molar-refractivity contribution in [2.75, 3.05) is 0 Å². The van der Waals surface area contributed by atoms with Gasteiger partial charge in [0.25, 0.3) is 0 Å². The van der Waals surface area contributed by atoms with Gasteiger partial charge in [-0.3, -0.25) is 0 Å². The molecule has 1 aliphatic carbocycles. The SMILES string of the molecule is O=C1CC[CH]([Sn]([c]2ccccc2)([c]2ccccc2)[c]2ccccc2)CC1. The predicted octanol–water partition coefficient (Wildman–Crippen LogP) is 3.67. The molecule has 3 aromatic rings. The van der Waals surface area contributed by atoms with E-state index in [0.29, 0.717) is 9.72 Å². The molecule has 1 fully saturated rings. The van der Waals surface area contributed by atoms with E-state index in [1.54, 1.807) is 0 Å². The fourth-order valence-electron chi connectivity index (χ4n) is 4.68. The van der Waals surface area contributed by atoms with E-state index in [1.165, 1.54) is 10.7 Å². The Balaban J connectivity index is 1.99. The zero-order chi connectivity index (χ0) is 17.8. The van der Waals surface area contributed by atoms with Crippen molar-refractivity contribution in [1.29, 1.82) is 0 Å². The van der Waals surface area contributed by atoms with Gasteiger partial charge in [0.2, 0.25) is 0 Å². The molecule has 0 radical (unpaired) electrons. The topological polar surface area (TPSA) is 17.1 Å². The van der Waals surface area contributed by atoms with Gasteiger partial charge < -0.3 is 0 Å². The molecular formula is C24H24OSn. The van der Waals surface area contributed by atoms with Gasteiger partial charge in [0, 0.05) is 0 Å². The molecule has 0 aliphatic heterocycles. The van der Waals surface area contributed by atoms with Crippen molar-refractivity contribution in [1.82, 2.24) is 0 Å². The van der Waals surface area contributed by atoms with Gasteiger partial charge in [0.1, 0.15) is 0 Å². The Labute approximate surface area is 160 Å². The maximum absolute atomic E-state index is 12.0. The minimum absolute atomic E-state index is 0.440. The van der Waals surface area contributed by atoms with Crippen molar-refractivity contribution in [2.24, 2.45) is 0 Å². The predicted molar refractivity (Wildman–Crippen MR) is 111 cm³/mol. The molecule has 0 amide bonds. The number of rotatable bonds is 4. The summed E-state index contributed by atoms with van der Waals surface area (Å²) in [6.45, 7) is 0. The quantitative estimate of drug-likeness (QED) is 0.559. The molecular weight excluding hydrogens is 423 g/mol. The van der Waals surface area contributed by atoms with Gasteiger partial charge in [-0.2, -0.15) is 0 Å². The van der Waals surface area contributed by atoms with E-state index in [0.717, 1.165) is 25.7 Å². The van der Waals surface area contributed by atoms with E-state index in [4.69, 9.17) is 0 Å². The molecule has 0 N–H and O–H groups in total. The number of carbonyl (C=O) groups is 1. The molecule has 1 saturated carbocycles. The van der Waals surface area contributed by atoms with Gasteiger partial charge in [-0.15, -0.1) is 0 Å². The fourth-order valence-corrected chi connectivity index (χ4v) is 21.0. The monoisotopic (exact) mass is 448 g/mol. The summed E-state index contributed by atoms with van der Waals surface area (Å²) in [6, 6.07) is 33.5. The van der Waals surface area contributed by atoms with E-state index >= 15 is 0 Å². The van der Waals surface area contributed by atoms with E-state index in [-0.39, 0.29) is 0 Å². The van der Waals surface area contributed by atoms with Gasteiger partial charge in [0.05, 0.1) is 0 Å². The van der Waals surface area contributed by atoms with Crippen LogP contribution in [0.3, 0.4) is 0 Å². The van der Waals surface area contributed by atoms with Crippen LogP contribution in [0.15, 0.2) is 91.0 Å². The Morgan fingerprint density at radius 3 is 1.27 bits per heavy atom. The summed E-state index contributed by atoms with van der Waals surface area (Å²) in [7, 11) is 0. The average molecular weight is 447 g/mol. The zero-order valence-corrected chi connectivity index (χ0v) is 17.8. The third kappa shape index (κ3) is 3.14. The zero-order valence-electron chi connectivity index (χ0n) is 15.0. The number of hydrogen-bond donors (Lipinski definition) is 0. The number of hydrogen-bond acceptors (Lipinski definition) is 1. The molecule has 0 saturated heterocycles. The summed E-state index contributed by atoms with van der Waals surface area (Å²) in [5, 5.41) is 0. The van der Waals surface area contributed by atoms with Crippen molar-refractivity contribution in [3.63, 3.8) is 0 Å². The molecule has 2 heteroatoms. The molecule has 0 atom stereocenters. The normalized spacial score (nSPS) is 15.8. The molecule has 0 bridgehead atoms. The van der Waals surface area contributed by atoms with Crippen LogP contribution in [-0.4, -0.2) is 24.2 Å². The second-order valence-electron chi connectivity index (χ2n) is 7.22. The van der Waals surface area contributed by atoms with E-state index in [1.807, 2.05) is 0 Å². The van der Waals surface area contributed by atoms with Crippen molar-refractivity contribution < 1.29 is 4.79 Å². The summed E-state index contributed by atoms with van der Waals surface area (Å²) in [6.07, 6.45) is 3.56. The summed E-state index contributed by atoms with van der Waals surface area (Å²) in [5.74, 6) is 0.440. The van der Waals surface area contributed by atoms with Crippen LogP contribution in [-0.2, 0) is 4.79 Å². The molecule has 0 heterocycles. The Morgan fingerprint density at radius 1 is 0.577 bits per heavy atom. The number of carbonyl (C=O) groups excluding carboxylic acids is 1. The van der Waals surface area contributed by atoms with E-state index in [2.05, 4.69) is 91.0 Å². The van der Waals surface area contributed by atoms with Gasteiger partial charge in [-0.05, 0) is 0 Å². The molecule has 3 aromatic carbocycles. The van der Waals surface area contributed by atoms with Crippen molar-refractivity contribution in [3.8, 4) is 0 Å². The van der Waals surface area contributed by atoms with Crippen LogP contribution in [0.25, 0.3) is 0 Å². The average Bonchev–Trinajstić information content (AvgIpc) is 2.72. The Morgan fingerprint density at radius 2 is 0.923 bits per heavy atom. The summed E-state index contributed by atoms with van der Waals surface area (Å²) >= 11 is -3.22. The van der Waals surface area contributed by atoms with Gasteiger partial charge in [0.15, 0.2) is 0 Å².